The summed E-state index contributed by atoms with van der Waals surface area (Å²) in [6.45, 7) is 2.03. The minimum absolute atomic E-state index is 0.0397. The Bertz CT molecular complexity index is 983. The molecule has 3 aromatic rings. The van der Waals surface area contributed by atoms with Crippen LogP contribution in [-0.2, 0) is 17.8 Å². The van der Waals surface area contributed by atoms with Crippen LogP contribution in [0.25, 0.3) is 0 Å². The predicted molar refractivity (Wildman–Crippen MR) is 110 cm³/mol. The van der Waals surface area contributed by atoms with Gasteiger partial charge in [0.1, 0.15) is 0 Å². The third-order valence-electron chi connectivity index (χ3n) is 5.15. The number of benzene rings is 1. The van der Waals surface area contributed by atoms with Crippen molar-refractivity contribution in [1.29, 1.82) is 0 Å². The van der Waals surface area contributed by atoms with E-state index in [0.717, 1.165) is 30.0 Å². The van der Waals surface area contributed by atoms with Gasteiger partial charge < -0.3 is 14.8 Å². The maximum atomic E-state index is 12.7. The molecule has 0 unspecified atom stereocenters. The Labute approximate surface area is 171 Å². The number of thiophene rings is 2. The van der Waals surface area contributed by atoms with E-state index >= 15 is 0 Å². The minimum atomic E-state index is 0.0397. The number of ether oxygens (including phenoxy) is 2. The molecule has 0 saturated heterocycles. The van der Waals surface area contributed by atoms with Gasteiger partial charge in [-0.1, -0.05) is 12.1 Å². The molecular formula is C21H20N2O3S2. The highest BCUT2D eigenvalue weighted by Gasteiger charge is 2.31. The van der Waals surface area contributed by atoms with Gasteiger partial charge in [0.2, 0.25) is 12.7 Å². The zero-order chi connectivity index (χ0) is 18.9. The van der Waals surface area contributed by atoms with Crippen LogP contribution in [0.4, 0.5) is 0 Å². The number of hydrogen-bond donors (Lipinski definition) is 1. The van der Waals surface area contributed by atoms with Crippen molar-refractivity contribution in [2.45, 2.75) is 19.0 Å². The first-order chi connectivity index (χ1) is 13.8. The smallest absolute Gasteiger partial charge is 0.234 e. The number of nitrogens with zero attached hydrogens (tertiary/aromatic N) is 1. The van der Waals surface area contributed by atoms with Gasteiger partial charge in [0.15, 0.2) is 11.5 Å². The fourth-order valence-corrected chi connectivity index (χ4v) is 5.59. The van der Waals surface area contributed by atoms with E-state index in [1.165, 1.54) is 15.3 Å². The number of amides is 1. The molecule has 2 aliphatic heterocycles. The predicted octanol–water partition coefficient (Wildman–Crippen LogP) is 3.80. The molecule has 0 bridgehead atoms. The topological polar surface area (TPSA) is 50.8 Å². The summed E-state index contributed by atoms with van der Waals surface area (Å²) in [7, 11) is 0. The number of carbonyl (C=O) groups is 1. The molecule has 2 aromatic heterocycles. The van der Waals surface area contributed by atoms with E-state index in [1.54, 1.807) is 11.3 Å². The van der Waals surface area contributed by atoms with Crippen LogP contribution in [-0.4, -0.2) is 30.7 Å². The zero-order valence-electron chi connectivity index (χ0n) is 15.2. The Balaban J connectivity index is 1.26. The molecule has 4 heterocycles. The highest BCUT2D eigenvalue weighted by atomic mass is 32.1. The Morgan fingerprint density at radius 2 is 2.07 bits per heavy atom. The van der Waals surface area contributed by atoms with Gasteiger partial charge in [-0.3, -0.25) is 9.69 Å². The van der Waals surface area contributed by atoms with Crippen molar-refractivity contribution in [2.24, 2.45) is 0 Å². The van der Waals surface area contributed by atoms with Crippen LogP contribution in [0.2, 0.25) is 0 Å². The van der Waals surface area contributed by atoms with Gasteiger partial charge in [-0.15, -0.1) is 22.7 Å². The molecule has 2 aliphatic rings. The fraction of sp³-hybridized carbons (Fsp3) is 0.286. The van der Waals surface area contributed by atoms with Gasteiger partial charge in [-0.2, -0.15) is 0 Å². The molecule has 1 aromatic carbocycles. The number of fused-ring (bicyclic) bond motifs is 2. The van der Waals surface area contributed by atoms with Crippen LogP contribution in [0.15, 0.2) is 47.2 Å². The van der Waals surface area contributed by atoms with Crippen LogP contribution in [0, 0.1) is 0 Å². The summed E-state index contributed by atoms with van der Waals surface area (Å²) in [6.07, 6.45) is 1.00. The van der Waals surface area contributed by atoms with Crippen LogP contribution in [0.1, 0.15) is 26.9 Å². The van der Waals surface area contributed by atoms with Gasteiger partial charge in [0, 0.05) is 22.8 Å². The zero-order valence-corrected chi connectivity index (χ0v) is 16.9. The molecular weight excluding hydrogens is 392 g/mol. The third kappa shape index (κ3) is 3.41. The van der Waals surface area contributed by atoms with Gasteiger partial charge in [0.05, 0.1) is 12.6 Å². The molecule has 144 valence electrons. The maximum absolute atomic E-state index is 12.7. The van der Waals surface area contributed by atoms with E-state index in [0.29, 0.717) is 13.1 Å². The first-order valence-corrected chi connectivity index (χ1v) is 11.0. The Morgan fingerprint density at radius 3 is 2.96 bits per heavy atom. The molecule has 5 nitrogen and oxygen atoms in total. The molecule has 28 heavy (non-hydrogen) atoms. The highest BCUT2D eigenvalue weighted by molar-refractivity contribution is 7.10. The van der Waals surface area contributed by atoms with Crippen molar-refractivity contribution in [1.82, 2.24) is 10.2 Å². The lowest BCUT2D eigenvalue weighted by molar-refractivity contribution is -0.122. The molecule has 1 N–H and O–H groups in total. The molecule has 1 amide bonds. The Kier molecular flexibility index (Phi) is 4.80. The van der Waals surface area contributed by atoms with Gasteiger partial charge >= 0.3 is 0 Å². The number of carbonyl (C=O) groups excluding carboxylic acids is 1. The van der Waals surface area contributed by atoms with E-state index in [2.05, 4.69) is 39.2 Å². The van der Waals surface area contributed by atoms with E-state index in [4.69, 9.17) is 9.47 Å². The van der Waals surface area contributed by atoms with Crippen LogP contribution < -0.4 is 14.8 Å². The molecule has 5 rings (SSSR count). The van der Waals surface area contributed by atoms with Crippen LogP contribution in [0.3, 0.4) is 0 Å². The second-order valence-electron chi connectivity index (χ2n) is 6.90. The molecule has 0 fully saturated rings. The third-order valence-corrected chi connectivity index (χ3v) is 7.07. The van der Waals surface area contributed by atoms with Crippen molar-refractivity contribution in [2.75, 3.05) is 19.9 Å². The van der Waals surface area contributed by atoms with E-state index in [9.17, 15) is 4.79 Å². The lowest BCUT2D eigenvalue weighted by atomic mass is 9.98. The second-order valence-corrected chi connectivity index (χ2v) is 8.88. The molecule has 7 heteroatoms. The normalized spacial score (nSPS) is 18.1. The van der Waals surface area contributed by atoms with Gasteiger partial charge in [-0.05, 0) is 52.6 Å². The molecule has 0 spiro atoms. The van der Waals surface area contributed by atoms with Crippen molar-refractivity contribution in [3.05, 3.63) is 68.0 Å². The summed E-state index contributed by atoms with van der Waals surface area (Å²) in [5.41, 5.74) is 2.36. The number of hydrogen-bond acceptors (Lipinski definition) is 6. The van der Waals surface area contributed by atoms with Crippen molar-refractivity contribution in [3.8, 4) is 11.5 Å². The first-order valence-electron chi connectivity index (χ1n) is 9.27. The van der Waals surface area contributed by atoms with Gasteiger partial charge in [-0.25, -0.2) is 0 Å². The lowest BCUT2D eigenvalue weighted by Gasteiger charge is -2.34. The average Bonchev–Trinajstić information content (AvgIpc) is 3.46. The number of nitrogens with one attached hydrogen (secondary N) is 1. The SMILES string of the molecule is O=C(CN1CCc2sccc2[C@@H]1c1cccs1)NCc1ccc2c(c1)OCO2. The van der Waals surface area contributed by atoms with Crippen LogP contribution >= 0.6 is 22.7 Å². The minimum Gasteiger partial charge on any atom is -0.454 e. The van der Waals surface area contributed by atoms with Gasteiger partial charge in [0.25, 0.3) is 0 Å². The lowest BCUT2D eigenvalue weighted by Crippen LogP contribution is -2.42. The summed E-state index contributed by atoms with van der Waals surface area (Å²) in [5, 5.41) is 7.32. The van der Waals surface area contributed by atoms with Crippen molar-refractivity contribution >= 4 is 28.6 Å². The summed E-state index contributed by atoms with van der Waals surface area (Å²) in [6, 6.07) is 12.4. The maximum Gasteiger partial charge on any atom is 0.234 e. The molecule has 0 aliphatic carbocycles. The molecule has 0 radical (unpaired) electrons. The van der Waals surface area contributed by atoms with E-state index in [1.807, 2.05) is 29.5 Å². The standard InChI is InChI=1S/C21H20N2O3S2/c24-20(22-11-14-3-4-16-17(10-14)26-13-25-16)12-23-7-5-18-15(6-9-28-18)21(23)19-2-1-8-27-19/h1-4,6,8-10,21H,5,7,11-13H2,(H,22,24)/t21-/m1/s1. The Hall–Kier alpha value is -2.35. The second kappa shape index (κ2) is 7.58. The summed E-state index contributed by atoms with van der Waals surface area (Å²) in [5.74, 6) is 1.54. The van der Waals surface area contributed by atoms with Crippen molar-refractivity contribution in [3.63, 3.8) is 0 Å². The fourth-order valence-electron chi connectivity index (χ4n) is 3.81. The highest BCUT2D eigenvalue weighted by Crippen LogP contribution is 2.39. The van der Waals surface area contributed by atoms with Crippen molar-refractivity contribution < 1.29 is 14.3 Å². The first kappa shape index (κ1) is 17.7. The number of rotatable bonds is 5. The quantitative estimate of drug-likeness (QED) is 0.693. The molecule has 1 atom stereocenters. The van der Waals surface area contributed by atoms with Crippen LogP contribution in [0.5, 0.6) is 11.5 Å². The average molecular weight is 413 g/mol. The molecule has 0 saturated carbocycles. The van der Waals surface area contributed by atoms with E-state index in [-0.39, 0.29) is 18.7 Å². The summed E-state index contributed by atoms with van der Waals surface area (Å²) in [4.78, 5) is 17.7. The van der Waals surface area contributed by atoms with E-state index < -0.39 is 0 Å². The summed E-state index contributed by atoms with van der Waals surface area (Å²) >= 11 is 3.57. The largest absolute Gasteiger partial charge is 0.454 e. The monoisotopic (exact) mass is 412 g/mol. The Morgan fingerprint density at radius 1 is 1.14 bits per heavy atom. The summed E-state index contributed by atoms with van der Waals surface area (Å²) < 4.78 is 10.7.